The van der Waals surface area contributed by atoms with Crippen LogP contribution >= 0.6 is 0 Å². The third-order valence-corrected chi connectivity index (χ3v) is 5.24. The second-order valence-corrected chi connectivity index (χ2v) is 7.06. The van der Waals surface area contributed by atoms with Crippen molar-refractivity contribution in [3.63, 3.8) is 0 Å². The smallest absolute Gasteiger partial charge is 0.0685 e. The van der Waals surface area contributed by atoms with Crippen molar-refractivity contribution < 1.29 is 4.74 Å². The number of ether oxygens (including phenoxy) is 1. The zero-order valence-electron chi connectivity index (χ0n) is 12.6. The maximum atomic E-state index is 6.05. The Morgan fingerprint density at radius 3 is 2.67 bits per heavy atom. The Morgan fingerprint density at radius 2 is 2.06 bits per heavy atom. The van der Waals surface area contributed by atoms with Gasteiger partial charge in [0.05, 0.1) is 5.60 Å². The lowest BCUT2D eigenvalue weighted by Crippen LogP contribution is -2.48. The molecule has 2 aliphatic rings. The molecular weight excluding hydrogens is 222 g/mol. The van der Waals surface area contributed by atoms with Crippen LogP contribution in [0.15, 0.2) is 0 Å². The Kier molecular flexibility index (Phi) is 4.71. The molecule has 0 radical (unpaired) electrons. The van der Waals surface area contributed by atoms with E-state index in [4.69, 9.17) is 4.74 Å². The van der Waals surface area contributed by atoms with Crippen molar-refractivity contribution >= 4 is 0 Å². The Bertz CT molecular complexity index is 258. The van der Waals surface area contributed by atoms with Gasteiger partial charge in [-0.3, -0.25) is 0 Å². The van der Waals surface area contributed by atoms with Crippen LogP contribution in [-0.2, 0) is 4.74 Å². The zero-order chi connectivity index (χ0) is 13.1. The van der Waals surface area contributed by atoms with Crippen LogP contribution in [0.4, 0.5) is 0 Å². The van der Waals surface area contributed by atoms with Gasteiger partial charge < -0.3 is 10.1 Å². The van der Waals surface area contributed by atoms with Crippen LogP contribution < -0.4 is 5.32 Å². The summed E-state index contributed by atoms with van der Waals surface area (Å²) in [4.78, 5) is 0. The maximum Gasteiger partial charge on any atom is 0.0685 e. The molecule has 18 heavy (non-hydrogen) atoms. The van der Waals surface area contributed by atoms with E-state index in [2.05, 4.69) is 26.1 Å². The summed E-state index contributed by atoms with van der Waals surface area (Å²) >= 11 is 0. The first-order valence-corrected chi connectivity index (χ1v) is 7.93. The van der Waals surface area contributed by atoms with Crippen LogP contribution in [-0.4, -0.2) is 25.3 Å². The van der Waals surface area contributed by atoms with Gasteiger partial charge in [-0.05, 0) is 69.4 Å². The largest absolute Gasteiger partial charge is 0.375 e. The highest BCUT2D eigenvalue weighted by Crippen LogP contribution is 2.49. The highest BCUT2D eigenvalue weighted by molar-refractivity contribution is 4.97. The van der Waals surface area contributed by atoms with Crippen molar-refractivity contribution in [3.05, 3.63) is 0 Å². The summed E-state index contributed by atoms with van der Waals surface area (Å²) in [5, 5.41) is 3.55. The van der Waals surface area contributed by atoms with Gasteiger partial charge in [0, 0.05) is 6.61 Å². The molecular formula is C16H31NO. The Morgan fingerprint density at radius 1 is 1.28 bits per heavy atom. The molecule has 1 heterocycles. The van der Waals surface area contributed by atoms with E-state index in [1.54, 1.807) is 0 Å². The first-order valence-electron chi connectivity index (χ1n) is 7.93. The van der Waals surface area contributed by atoms with E-state index < -0.39 is 0 Å². The topological polar surface area (TPSA) is 21.3 Å². The second-order valence-electron chi connectivity index (χ2n) is 7.06. The first kappa shape index (κ1) is 14.3. The van der Waals surface area contributed by atoms with E-state index in [1.807, 2.05) is 0 Å². The van der Waals surface area contributed by atoms with Crippen molar-refractivity contribution in [1.29, 1.82) is 0 Å². The van der Waals surface area contributed by atoms with Gasteiger partial charge in [-0.25, -0.2) is 0 Å². The first-order chi connectivity index (χ1) is 8.58. The normalized spacial score (nSPS) is 27.2. The second kappa shape index (κ2) is 5.92. The van der Waals surface area contributed by atoms with Crippen molar-refractivity contribution in [2.24, 2.45) is 11.3 Å². The molecule has 0 aromatic heterocycles. The van der Waals surface area contributed by atoms with Crippen LogP contribution in [0, 0.1) is 11.3 Å². The molecule has 1 aliphatic carbocycles. The summed E-state index contributed by atoms with van der Waals surface area (Å²) < 4.78 is 6.05. The molecule has 0 amide bonds. The molecule has 106 valence electrons. The zero-order valence-corrected chi connectivity index (χ0v) is 12.6. The van der Waals surface area contributed by atoms with Gasteiger partial charge in [-0.2, -0.15) is 0 Å². The minimum Gasteiger partial charge on any atom is -0.375 e. The summed E-state index contributed by atoms with van der Waals surface area (Å²) in [7, 11) is 0. The Balaban J connectivity index is 1.80. The van der Waals surface area contributed by atoms with Gasteiger partial charge >= 0.3 is 0 Å². The molecule has 2 rings (SSSR count). The van der Waals surface area contributed by atoms with Gasteiger partial charge in [0.2, 0.25) is 0 Å². The van der Waals surface area contributed by atoms with E-state index in [0.29, 0.717) is 11.0 Å². The molecule has 1 saturated carbocycles. The SMILES string of the molecule is CCCNCCC(C)(C)C1CCOC2(CCC2)C1. The lowest BCUT2D eigenvalue weighted by Gasteiger charge is -2.51. The van der Waals surface area contributed by atoms with Crippen LogP contribution in [0.1, 0.15) is 65.7 Å². The van der Waals surface area contributed by atoms with Gasteiger partial charge in [-0.1, -0.05) is 20.8 Å². The summed E-state index contributed by atoms with van der Waals surface area (Å²) in [5.41, 5.74) is 0.768. The Labute approximate surface area is 113 Å². The molecule has 2 heteroatoms. The molecule has 0 bridgehead atoms. The van der Waals surface area contributed by atoms with Crippen LogP contribution in [0.25, 0.3) is 0 Å². The third-order valence-electron chi connectivity index (χ3n) is 5.24. The van der Waals surface area contributed by atoms with Crippen LogP contribution in [0.5, 0.6) is 0 Å². The summed E-state index contributed by atoms with van der Waals surface area (Å²) in [6.45, 7) is 10.5. The lowest BCUT2D eigenvalue weighted by atomic mass is 9.64. The molecule has 2 fully saturated rings. The summed E-state index contributed by atoms with van der Waals surface area (Å²) in [6, 6.07) is 0. The predicted octanol–water partition coefficient (Wildman–Crippen LogP) is 3.75. The van der Waals surface area contributed by atoms with Crippen LogP contribution in [0.3, 0.4) is 0 Å². The van der Waals surface area contributed by atoms with E-state index in [-0.39, 0.29) is 0 Å². The van der Waals surface area contributed by atoms with E-state index in [0.717, 1.165) is 19.1 Å². The lowest BCUT2D eigenvalue weighted by molar-refractivity contribution is -0.158. The average Bonchev–Trinajstić information content (AvgIpc) is 2.33. The molecule has 2 nitrogen and oxygen atoms in total. The van der Waals surface area contributed by atoms with Crippen molar-refractivity contribution in [2.75, 3.05) is 19.7 Å². The van der Waals surface area contributed by atoms with E-state index in [9.17, 15) is 0 Å². The number of hydrogen-bond acceptors (Lipinski definition) is 2. The van der Waals surface area contributed by atoms with Crippen molar-refractivity contribution in [1.82, 2.24) is 5.32 Å². The van der Waals surface area contributed by atoms with Gasteiger partial charge in [0.25, 0.3) is 0 Å². The van der Waals surface area contributed by atoms with Crippen molar-refractivity contribution in [2.45, 2.75) is 71.3 Å². The minimum absolute atomic E-state index is 0.303. The van der Waals surface area contributed by atoms with Crippen LogP contribution in [0.2, 0.25) is 0 Å². The fraction of sp³-hybridized carbons (Fsp3) is 1.00. The summed E-state index contributed by atoms with van der Waals surface area (Å²) in [5.74, 6) is 0.856. The Hall–Kier alpha value is -0.0800. The fourth-order valence-corrected chi connectivity index (χ4v) is 3.53. The number of hydrogen-bond donors (Lipinski definition) is 1. The monoisotopic (exact) mass is 253 g/mol. The highest BCUT2D eigenvalue weighted by atomic mass is 16.5. The molecule has 1 spiro atoms. The molecule has 1 unspecified atom stereocenters. The fourth-order valence-electron chi connectivity index (χ4n) is 3.53. The molecule has 0 aromatic carbocycles. The molecule has 1 atom stereocenters. The number of rotatable bonds is 6. The minimum atomic E-state index is 0.303. The molecule has 1 aliphatic heterocycles. The quantitative estimate of drug-likeness (QED) is 0.728. The third kappa shape index (κ3) is 3.27. The van der Waals surface area contributed by atoms with E-state index in [1.165, 1.54) is 51.5 Å². The highest BCUT2D eigenvalue weighted by Gasteiger charge is 2.45. The van der Waals surface area contributed by atoms with Gasteiger partial charge in [0.15, 0.2) is 0 Å². The molecule has 1 saturated heterocycles. The van der Waals surface area contributed by atoms with Crippen molar-refractivity contribution in [3.8, 4) is 0 Å². The predicted molar refractivity (Wildman–Crippen MR) is 76.8 cm³/mol. The van der Waals surface area contributed by atoms with Gasteiger partial charge in [-0.15, -0.1) is 0 Å². The maximum absolute atomic E-state index is 6.05. The van der Waals surface area contributed by atoms with Gasteiger partial charge in [0.1, 0.15) is 0 Å². The number of nitrogens with one attached hydrogen (secondary N) is 1. The standard InChI is InChI=1S/C16H31NO/c1-4-10-17-11-9-15(2,3)14-6-12-18-16(13-14)7-5-8-16/h14,17H,4-13H2,1-3H3. The summed E-state index contributed by atoms with van der Waals surface area (Å²) in [6.07, 6.45) is 9.12. The average molecular weight is 253 g/mol. The molecule has 1 N–H and O–H groups in total. The van der Waals surface area contributed by atoms with E-state index >= 15 is 0 Å². The molecule has 0 aromatic rings.